The minimum Gasteiger partial charge on any atom is -0.473 e. The molecule has 0 saturated heterocycles. The van der Waals surface area contributed by atoms with E-state index in [9.17, 15) is 18.0 Å². The van der Waals surface area contributed by atoms with E-state index in [2.05, 4.69) is 9.72 Å². The smallest absolute Gasteiger partial charge is 0.473 e. The van der Waals surface area contributed by atoms with Crippen LogP contribution in [0.5, 0.6) is 17.5 Å². The Morgan fingerprint density at radius 1 is 0.743 bits per heavy atom. The summed E-state index contributed by atoms with van der Waals surface area (Å²) in [6.07, 6.45) is -4.38. The number of aromatic nitrogens is 1. The van der Waals surface area contributed by atoms with E-state index in [4.69, 9.17) is 9.47 Å². The average molecular weight is 479 g/mol. The van der Waals surface area contributed by atoms with E-state index in [1.54, 1.807) is 0 Å². The molecular formula is C27H20F3NO4. The zero-order valence-corrected chi connectivity index (χ0v) is 18.4. The van der Waals surface area contributed by atoms with Crippen LogP contribution in [-0.4, -0.2) is 17.6 Å². The summed E-state index contributed by atoms with van der Waals surface area (Å²) in [5.74, 6) is -0.215. The monoisotopic (exact) mass is 479 g/mol. The lowest BCUT2D eigenvalue weighted by atomic mass is 10.0. The molecule has 8 heteroatoms. The van der Waals surface area contributed by atoms with Gasteiger partial charge in [-0.1, -0.05) is 60.7 Å². The number of carbonyl (C=O) groups is 1. The highest BCUT2D eigenvalue weighted by Gasteiger charge is 2.33. The van der Waals surface area contributed by atoms with Crippen LogP contribution in [0.2, 0.25) is 0 Å². The average Bonchev–Trinajstić information content (AvgIpc) is 2.87. The van der Waals surface area contributed by atoms with Crippen LogP contribution < -0.4 is 14.2 Å². The molecule has 0 aliphatic carbocycles. The van der Waals surface area contributed by atoms with Crippen molar-refractivity contribution in [1.29, 1.82) is 0 Å². The molecule has 4 aromatic rings. The highest BCUT2D eigenvalue weighted by atomic mass is 19.4. The van der Waals surface area contributed by atoms with E-state index in [1.165, 1.54) is 24.3 Å². The van der Waals surface area contributed by atoms with Crippen LogP contribution in [0.25, 0.3) is 11.1 Å². The molecule has 0 atom stereocenters. The fourth-order valence-corrected chi connectivity index (χ4v) is 3.32. The number of halogens is 3. The van der Waals surface area contributed by atoms with Crippen LogP contribution in [0.1, 0.15) is 21.5 Å². The Bertz CT molecular complexity index is 1280. The number of hydrogen-bond acceptors (Lipinski definition) is 5. The molecule has 3 aromatic carbocycles. The van der Waals surface area contributed by atoms with E-state index >= 15 is 0 Å². The number of aldehydes is 1. The second-order valence-corrected chi connectivity index (χ2v) is 7.47. The normalized spacial score (nSPS) is 11.1. The second-order valence-electron chi connectivity index (χ2n) is 7.47. The maximum Gasteiger partial charge on any atom is 0.573 e. The van der Waals surface area contributed by atoms with Crippen LogP contribution in [0.3, 0.4) is 0 Å². The summed E-state index contributed by atoms with van der Waals surface area (Å²) >= 11 is 0. The quantitative estimate of drug-likeness (QED) is 0.253. The van der Waals surface area contributed by atoms with E-state index < -0.39 is 12.1 Å². The number of nitrogens with zero attached hydrogens (tertiary/aromatic N) is 1. The minimum atomic E-state index is -4.92. The molecule has 4 rings (SSSR count). The first-order chi connectivity index (χ1) is 16.9. The van der Waals surface area contributed by atoms with Gasteiger partial charge in [0.05, 0.1) is 0 Å². The number of rotatable bonds is 9. The fraction of sp³-hybridized carbons (Fsp3) is 0.111. The van der Waals surface area contributed by atoms with Gasteiger partial charge in [-0.15, -0.1) is 13.2 Å². The number of pyridine rings is 1. The van der Waals surface area contributed by atoms with Crippen molar-refractivity contribution in [3.63, 3.8) is 0 Å². The van der Waals surface area contributed by atoms with Gasteiger partial charge in [-0.05, 0) is 35.4 Å². The molecule has 0 radical (unpaired) electrons. The second kappa shape index (κ2) is 10.7. The Hall–Kier alpha value is -4.33. The van der Waals surface area contributed by atoms with Crippen molar-refractivity contribution in [3.8, 4) is 28.6 Å². The van der Waals surface area contributed by atoms with Crippen LogP contribution in [0.4, 0.5) is 13.2 Å². The van der Waals surface area contributed by atoms with Gasteiger partial charge in [0.15, 0.2) is 0 Å². The molecule has 0 aliphatic heterocycles. The van der Waals surface area contributed by atoms with Crippen molar-refractivity contribution in [2.24, 2.45) is 0 Å². The number of benzene rings is 3. The largest absolute Gasteiger partial charge is 0.573 e. The summed E-state index contributed by atoms with van der Waals surface area (Å²) in [4.78, 5) is 15.7. The van der Waals surface area contributed by atoms with E-state index in [1.807, 2.05) is 60.7 Å². The zero-order valence-electron chi connectivity index (χ0n) is 18.4. The first kappa shape index (κ1) is 23.8. The molecule has 1 aromatic heterocycles. The van der Waals surface area contributed by atoms with Crippen molar-refractivity contribution in [2.45, 2.75) is 19.6 Å². The standard InChI is InChI=1S/C27H20F3NO4/c28-27(29,30)35-24-13-11-21(16-32)15-23(24)22-12-14-25(33-17-19-7-3-1-4-8-19)31-26(22)34-18-20-9-5-2-6-10-20/h1-16H,17-18H2. The molecule has 0 bridgehead atoms. The van der Waals surface area contributed by atoms with Crippen LogP contribution in [0, 0.1) is 0 Å². The van der Waals surface area contributed by atoms with Crippen molar-refractivity contribution in [2.75, 3.05) is 0 Å². The topological polar surface area (TPSA) is 57.7 Å². The van der Waals surface area contributed by atoms with Crippen molar-refractivity contribution in [3.05, 3.63) is 108 Å². The Morgan fingerprint density at radius 3 is 1.97 bits per heavy atom. The minimum absolute atomic E-state index is 0.0112. The van der Waals surface area contributed by atoms with Gasteiger partial charge in [0.25, 0.3) is 0 Å². The van der Waals surface area contributed by atoms with Gasteiger partial charge >= 0.3 is 6.36 Å². The number of hydrogen-bond donors (Lipinski definition) is 0. The Labute approximate surface area is 199 Å². The lowest BCUT2D eigenvalue weighted by molar-refractivity contribution is -0.274. The molecule has 0 unspecified atom stereocenters. The van der Waals surface area contributed by atoms with Gasteiger partial charge in [0.1, 0.15) is 25.2 Å². The molecule has 0 fully saturated rings. The maximum atomic E-state index is 13.1. The number of alkyl halides is 3. The molecule has 0 spiro atoms. The fourth-order valence-electron chi connectivity index (χ4n) is 3.32. The first-order valence-corrected chi connectivity index (χ1v) is 10.6. The highest BCUT2D eigenvalue weighted by molar-refractivity contribution is 5.83. The Kier molecular flexibility index (Phi) is 7.30. The predicted octanol–water partition coefficient (Wildman–Crippen LogP) is 6.62. The number of ether oxygens (including phenoxy) is 3. The van der Waals surface area contributed by atoms with Gasteiger partial charge in [0.2, 0.25) is 11.8 Å². The Balaban J connectivity index is 1.71. The predicted molar refractivity (Wildman–Crippen MR) is 123 cm³/mol. The molecule has 35 heavy (non-hydrogen) atoms. The lowest BCUT2D eigenvalue weighted by Gasteiger charge is -2.17. The summed E-state index contributed by atoms with van der Waals surface area (Å²) in [6.45, 7) is 0.361. The molecule has 178 valence electrons. The molecule has 0 aliphatic rings. The molecule has 0 saturated carbocycles. The van der Waals surface area contributed by atoms with E-state index in [0.717, 1.165) is 17.2 Å². The summed E-state index contributed by atoms with van der Waals surface area (Å²) in [5.41, 5.74) is 2.16. The highest BCUT2D eigenvalue weighted by Crippen LogP contribution is 2.39. The zero-order chi connectivity index (χ0) is 24.7. The van der Waals surface area contributed by atoms with Crippen molar-refractivity contribution < 1.29 is 32.2 Å². The van der Waals surface area contributed by atoms with Gasteiger partial charge in [-0.25, -0.2) is 0 Å². The lowest BCUT2D eigenvalue weighted by Crippen LogP contribution is -2.17. The van der Waals surface area contributed by atoms with Crippen molar-refractivity contribution >= 4 is 6.29 Å². The third-order valence-electron chi connectivity index (χ3n) is 4.94. The van der Waals surface area contributed by atoms with Gasteiger partial charge in [-0.2, -0.15) is 4.98 Å². The molecule has 0 amide bonds. The third-order valence-corrected chi connectivity index (χ3v) is 4.94. The van der Waals surface area contributed by atoms with Crippen LogP contribution in [0.15, 0.2) is 91.0 Å². The van der Waals surface area contributed by atoms with E-state index in [-0.39, 0.29) is 41.7 Å². The summed E-state index contributed by atoms with van der Waals surface area (Å²) < 4.78 is 55.1. The van der Waals surface area contributed by atoms with Gasteiger partial charge < -0.3 is 14.2 Å². The number of carbonyl (C=O) groups excluding carboxylic acids is 1. The third kappa shape index (κ3) is 6.60. The SMILES string of the molecule is O=Cc1ccc(OC(F)(F)F)c(-c2ccc(OCc3ccccc3)nc2OCc2ccccc2)c1. The molecule has 5 nitrogen and oxygen atoms in total. The summed E-state index contributed by atoms with van der Waals surface area (Å²) in [5, 5.41) is 0. The first-order valence-electron chi connectivity index (χ1n) is 10.6. The van der Waals surface area contributed by atoms with Crippen LogP contribution >= 0.6 is 0 Å². The van der Waals surface area contributed by atoms with Gasteiger partial charge in [-0.3, -0.25) is 4.79 Å². The molecule has 1 heterocycles. The molecule has 0 N–H and O–H groups in total. The van der Waals surface area contributed by atoms with Crippen LogP contribution in [-0.2, 0) is 13.2 Å². The summed E-state index contributed by atoms with van der Waals surface area (Å²) in [6, 6.07) is 25.4. The van der Waals surface area contributed by atoms with Crippen molar-refractivity contribution in [1.82, 2.24) is 4.98 Å². The van der Waals surface area contributed by atoms with Gasteiger partial charge in [0, 0.05) is 22.8 Å². The Morgan fingerprint density at radius 2 is 1.37 bits per heavy atom. The summed E-state index contributed by atoms with van der Waals surface area (Å²) in [7, 11) is 0. The maximum absolute atomic E-state index is 13.1. The van der Waals surface area contributed by atoms with E-state index in [0.29, 0.717) is 6.29 Å². The molecular weight excluding hydrogens is 459 g/mol.